The molecule has 2 saturated carbocycles. The van der Waals surface area contributed by atoms with E-state index in [1.807, 2.05) is 0 Å². The van der Waals surface area contributed by atoms with Gasteiger partial charge < -0.3 is 14.3 Å². The summed E-state index contributed by atoms with van der Waals surface area (Å²) in [4.78, 5) is 21.6. The highest BCUT2D eigenvalue weighted by Gasteiger charge is 2.46. The van der Waals surface area contributed by atoms with E-state index in [0.29, 0.717) is 33.4 Å². The van der Waals surface area contributed by atoms with Crippen LogP contribution in [0.2, 0.25) is 10.0 Å². The van der Waals surface area contributed by atoms with E-state index in [1.165, 1.54) is 19.2 Å². The Kier molecular flexibility index (Phi) is 7.38. The number of allylic oxidation sites excluding steroid dienone is 1. The number of hydrogen-bond acceptors (Lipinski definition) is 6. The molecule has 3 aromatic rings. The van der Waals surface area contributed by atoms with Crippen molar-refractivity contribution in [2.75, 3.05) is 13.7 Å². The van der Waals surface area contributed by atoms with Gasteiger partial charge in [0.25, 0.3) is 0 Å². The zero-order valence-corrected chi connectivity index (χ0v) is 23.3. The molecule has 0 spiro atoms. The summed E-state index contributed by atoms with van der Waals surface area (Å²) in [7, 11) is 1.28. The molecule has 2 fully saturated rings. The average Bonchev–Trinajstić information content (AvgIpc) is 3.89. The van der Waals surface area contributed by atoms with Crippen LogP contribution in [0.15, 0.2) is 65.9 Å². The monoisotopic (exact) mass is 604 g/mol. The molecule has 2 heterocycles. The van der Waals surface area contributed by atoms with Gasteiger partial charge in [0.05, 0.1) is 18.7 Å². The molecule has 6 rings (SSSR count). The second kappa shape index (κ2) is 10.9. The molecule has 0 bridgehead atoms. The van der Waals surface area contributed by atoms with E-state index >= 15 is 0 Å². The summed E-state index contributed by atoms with van der Waals surface area (Å²) < 4.78 is 53.2. The van der Waals surface area contributed by atoms with Gasteiger partial charge in [-0.05, 0) is 66.5 Å². The predicted octanol–water partition coefficient (Wildman–Crippen LogP) is 7.78. The summed E-state index contributed by atoms with van der Waals surface area (Å²) >= 11 is 12.9. The number of nitrogens with one attached hydrogen (secondary N) is 1. The number of hydroxylamine groups is 1. The lowest BCUT2D eigenvalue weighted by Crippen LogP contribution is -2.19. The number of halogens is 5. The van der Waals surface area contributed by atoms with E-state index in [9.17, 15) is 18.0 Å². The summed E-state index contributed by atoms with van der Waals surface area (Å²) in [6.07, 6.45) is -2.28. The van der Waals surface area contributed by atoms with Crippen molar-refractivity contribution in [1.82, 2.24) is 10.5 Å². The van der Waals surface area contributed by atoms with E-state index in [4.69, 9.17) is 37.5 Å². The molecule has 0 saturated heterocycles. The third kappa shape index (κ3) is 5.63. The van der Waals surface area contributed by atoms with Gasteiger partial charge in [-0.25, -0.2) is 9.78 Å². The van der Waals surface area contributed by atoms with Crippen molar-refractivity contribution in [3.05, 3.63) is 104 Å². The van der Waals surface area contributed by atoms with Crippen molar-refractivity contribution in [3.63, 3.8) is 0 Å². The highest BCUT2D eigenvalue weighted by atomic mass is 35.5. The molecule has 11 heteroatoms. The zero-order valence-electron chi connectivity index (χ0n) is 21.8. The highest BCUT2D eigenvalue weighted by Crippen LogP contribution is 2.57. The molecule has 0 amide bonds. The normalized spacial score (nSPS) is 22.0. The molecule has 214 valence electrons. The van der Waals surface area contributed by atoms with Crippen LogP contribution in [0.3, 0.4) is 0 Å². The van der Waals surface area contributed by atoms with Crippen molar-refractivity contribution in [2.24, 2.45) is 5.92 Å². The summed E-state index contributed by atoms with van der Waals surface area (Å²) in [5, 5.41) is 0.872. The van der Waals surface area contributed by atoms with Gasteiger partial charge in [-0.2, -0.15) is 13.2 Å². The minimum absolute atomic E-state index is 0.0545. The minimum Gasteiger partial charge on any atom is -0.473 e. The fourth-order valence-electron chi connectivity index (χ4n) is 5.40. The molecule has 0 radical (unpaired) electrons. The Hall–Kier alpha value is -3.27. The second-order valence-corrected chi connectivity index (χ2v) is 11.2. The Morgan fingerprint density at radius 2 is 1.80 bits per heavy atom. The maximum Gasteiger partial charge on any atom is 0.433 e. The lowest BCUT2D eigenvalue weighted by atomic mass is 9.98. The molecule has 3 aliphatic rings. The number of carbonyl (C=O) groups excluding carboxylic acids is 1. The highest BCUT2D eigenvalue weighted by molar-refractivity contribution is 6.36. The number of ether oxygens (including phenoxy) is 2. The Morgan fingerprint density at radius 1 is 1.07 bits per heavy atom. The maximum absolute atomic E-state index is 14.2. The third-order valence-electron chi connectivity index (χ3n) is 7.66. The van der Waals surface area contributed by atoms with Crippen LogP contribution in [0.5, 0.6) is 5.88 Å². The van der Waals surface area contributed by atoms with Gasteiger partial charge >= 0.3 is 12.1 Å². The fraction of sp³-hybridized carbons (Fsp3) is 0.333. The van der Waals surface area contributed by atoms with Gasteiger partial charge in [0.2, 0.25) is 5.88 Å². The fourth-order valence-corrected chi connectivity index (χ4v) is 6.01. The molecule has 6 nitrogen and oxygen atoms in total. The Balaban J connectivity index is 1.24. The molecule has 3 unspecified atom stereocenters. The Morgan fingerprint density at radius 3 is 2.49 bits per heavy atom. The predicted molar refractivity (Wildman–Crippen MR) is 146 cm³/mol. The molecule has 2 aliphatic carbocycles. The van der Waals surface area contributed by atoms with Crippen molar-refractivity contribution in [2.45, 2.75) is 43.3 Å². The van der Waals surface area contributed by atoms with Crippen LogP contribution >= 0.6 is 23.2 Å². The van der Waals surface area contributed by atoms with Crippen LogP contribution in [0.4, 0.5) is 13.2 Å². The van der Waals surface area contributed by atoms with E-state index < -0.39 is 23.9 Å². The molecule has 1 aromatic heterocycles. The third-order valence-corrected chi connectivity index (χ3v) is 8.32. The maximum atomic E-state index is 14.2. The number of pyridine rings is 1. The topological polar surface area (TPSA) is 69.7 Å². The van der Waals surface area contributed by atoms with Gasteiger partial charge in [0.1, 0.15) is 12.4 Å². The molecule has 2 aromatic carbocycles. The molecular formula is C30H25Cl2F3N2O4. The van der Waals surface area contributed by atoms with E-state index in [2.05, 4.69) is 10.5 Å². The van der Waals surface area contributed by atoms with E-state index in [1.54, 1.807) is 42.5 Å². The SMILES string of the molecule is COC(=O)c1cccc(C2CC2c2ccc(OCC3=C(C4CC4)ONC3c3c(Cl)cccc3Cl)nc2C(F)(F)F)c1. The van der Waals surface area contributed by atoms with E-state index in [0.717, 1.165) is 24.0 Å². The van der Waals surface area contributed by atoms with Gasteiger partial charge in [-0.15, -0.1) is 5.48 Å². The Labute approximate surface area is 244 Å². The first kappa shape index (κ1) is 27.9. The van der Waals surface area contributed by atoms with Crippen LogP contribution in [-0.2, 0) is 15.8 Å². The number of methoxy groups -OCH3 is 1. The van der Waals surface area contributed by atoms with E-state index in [-0.39, 0.29) is 35.8 Å². The number of benzene rings is 2. The van der Waals surface area contributed by atoms with Crippen LogP contribution in [0.1, 0.15) is 69.9 Å². The second-order valence-electron chi connectivity index (χ2n) is 10.4. The van der Waals surface area contributed by atoms with Crippen LogP contribution in [0.25, 0.3) is 0 Å². The molecule has 1 aliphatic heterocycles. The van der Waals surface area contributed by atoms with Crippen LogP contribution in [0, 0.1) is 5.92 Å². The van der Waals surface area contributed by atoms with Crippen LogP contribution < -0.4 is 10.2 Å². The van der Waals surface area contributed by atoms with Gasteiger partial charge in [0.15, 0.2) is 5.69 Å². The minimum atomic E-state index is -4.68. The molecular weight excluding hydrogens is 580 g/mol. The molecule has 1 N–H and O–H groups in total. The van der Waals surface area contributed by atoms with Crippen molar-refractivity contribution >= 4 is 29.2 Å². The van der Waals surface area contributed by atoms with Crippen LogP contribution in [-0.4, -0.2) is 24.7 Å². The summed E-state index contributed by atoms with van der Waals surface area (Å²) in [5.41, 5.74) is 4.55. The Bertz CT molecular complexity index is 1520. The lowest BCUT2D eigenvalue weighted by Gasteiger charge is -2.18. The van der Waals surface area contributed by atoms with Gasteiger partial charge in [0, 0.05) is 33.2 Å². The zero-order chi connectivity index (χ0) is 28.9. The number of rotatable bonds is 8. The smallest absolute Gasteiger partial charge is 0.433 e. The first-order valence-corrected chi connectivity index (χ1v) is 13.9. The number of esters is 1. The first-order chi connectivity index (χ1) is 19.7. The summed E-state index contributed by atoms with van der Waals surface area (Å²) in [6, 6.07) is 14.3. The average molecular weight is 605 g/mol. The number of aromatic nitrogens is 1. The summed E-state index contributed by atoms with van der Waals surface area (Å²) in [5.74, 6) is -0.283. The van der Waals surface area contributed by atoms with Gasteiger partial charge in [-0.1, -0.05) is 47.5 Å². The number of nitrogens with zero attached hydrogens (tertiary/aromatic N) is 1. The molecule has 3 atom stereocenters. The quantitative estimate of drug-likeness (QED) is 0.265. The van der Waals surface area contributed by atoms with Gasteiger partial charge in [-0.3, -0.25) is 0 Å². The number of carbonyl (C=O) groups is 1. The van der Waals surface area contributed by atoms with Crippen molar-refractivity contribution < 1.29 is 32.3 Å². The molecule has 41 heavy (non-hydrogen) atoms. The first-order valence-electron chi connectivity index (χ1n) is 13.1. The largest absolute Gasteiger partial charge is 0.473 e. The van der Waals surface area contributed by atoms with Crippen molar-refractivity contribution in [3.8, 4) is 5.88 Å². The lowest BCUT2D eigenvalue weighted by molar-refractivity contribution is -0.142. The number of alkyl halides is 3. The summed E-state index contributed by atoms with van der Waals surface area (Å²) in [6.45, 7) is -0.0545. The standard InChI is InChI=1S/C30H25Cl2F3N2O4/c1-39-29(38)17-5-2-4-16(12-17)19-13-20(19)18-10-11-24(36-28(18)30(33,34)35)40-14-21-26(37-41-27(21)15-8-9-15)25-22(31)6-3-7-23(25)32/h2-7,10-12,15,19-20,26,37H,8-9,13-14H2,1H3. The number of hydrogen-bond donors (Lipinski definition) is 1. The van der Waals surface area contributed by atoms with Crippen molar-refractivity contribution in [1.29, 1.82) is 0 Å².